The molecule has 1 aliphatic carbocycles. The van der Waals surface area contributed by atoms with E-state index in [2.05, 4.69) is 17.6 Å². The lowest BCUT2D eigenvalue weighted by molar-refractivity contribution is -0.124. The average molecular weight is 262 g/mol. The number of furan rings is 1. The fraction of sp³-hybridized carbons (Fsp3) is 0.667. The minimum Gasteiger partial charge on any atom is -0.469 e. The summed E-state index contributed by atoms with van der Waals surface area (Å²) in [6.45, 7) is 3.16. The van der Waals surface area contributed by atoms with Gasteiger partial charge in [0.1, 0.15) is 5.76 Å². The van der Waals surface area contributed by atoms with E-state index >= 15 is 0 Å². The van der Waals surface area contributed by atoms with Gasteiger partial charge in [-0.1, -0.05) is 6.92 Å². The third kappa shape index (κ3) is 2.68. The first-order chi connectivity index (χ1) is 9.24. The number of aryl methyl sites for hydroxylation is 1. The van der Waals surface area contributed by atoms with Crippen molar-refractivity contribution in [1.29, 1.82) is 0 Å². The van der Waals surface area contributed by atoms with Gasteiger partial charge < -0.3 is 15.1 Å². The lowest BCUT2D eigenvalue weighted by Gasteiger charge is -2.30. The molecule has 0 radical (unpaired) electrons. The highest BCUT2D eigenvalue weighted by atomic mass is 16.3. The molecule has 2 N–H and O–H groups in total. The first-order valence-electron chi connectivity index (χ1n) is 7.34. The molecule has 19 heavy (non-hydrogen) atoms. The molecule has 3 atom stereocenters. The summed E-state index contributed by atoms with van der Waals surface area (Å²) in [5.74, 6) is 1.82. The molecule has 1 saturated heterocycles. The topological polar surface area (TPSA) is 54.3 Å². The van der Waals surface area contributed by atoms with Gasteiger partial charge in [0.05, 0.1) is 18.3 Å². The van der Waals surface area contributed by atoms with Crippen molar-refractivity contribution in [2.75, 3.05) is 6.54 Å². The quantitative estimate of drug-likeness (QED) is 0.858. The summed E-state index contributed by atoms with van der Waals surface area (Å²) in [6.07, 6.45) is 6.93. The average Bonchev–Trinajstić information content (AvgIpc) is 2.88. The normalized spacial score (nSPS) is 30.7. The van der Waals surface area contributed by atoms with Crippen LogP contribution in [0.5, 0.6) is 0 Å². The SMILES string of the molecule is CC1CCNC(C(=O)NC2CCCc3occc32)C1. The Morgan fingerprint density at radius 3 is 3.21 bits per heavy atom. The molecule has 2 aliphatic rings. The molecule has 1 amide bonds. The van der Waals surface area contributed by atoms with E-state index < -0.39 is 0 Å². The van der Waals surface area contributed by atoms with E-state index in [9.17, 15) is 4.79 Å². The molecule has 1 aromatic rings. The number of carbonyl (C=O) groups excluding carboxylic acids is 1. The van der Waals surface area contributed by atoms with Crippen LogP contribution in [0.2, 0.25) is 0 Å². The Balaban J connectivity index is 1.64. The Bertz CT molecular complexity index is 455. The van der Waals surface area contributed by atoms with E-state index in [0.29, 0.717) is 5.92 Å². The molecule has 1 aliphatic heterocycles. The Morgan fingerprint density at radius 2 is 2.37 bits per heavy atom. The number of nitrogens with one attached hydrogen (secondary N) is 2. The van der Waals surface area contributed by atoms with Crippen LogP contribution in [0.4, 0.5) is 0 Å². The minimum atomic E-state index is -0.0268. The third-order valence-electron chi connectivity index (χ3n) is 4.35. The second kappa shape index (κ2) is 5.37. The fourth-order valence-electron chi connectivity index (χ4n) is 3.22. The zero-order chi connectivity index (χ0) is 13.2. The number of hydrogen-bond donors (Lipinski definition) is 2. The molecule has 1 aromatic heterocycles. The van der Waals surface area contributed by atoms with Gasteiger partial charge in [0.15, 0.2) is 0 Å². The summed E-state index contributed by atoms with van der Waals surface area (Å²) < 4.78 is 5.46. The van der Waals surface area contributed by atoms with Crippen molar-refractivity contribution in [1.82, 2.24) is 10.6 Å². The van der Waals surface area contributed by atoms with Crippen molar-refractivity contribution >= 4 is 5.91 Å². The molecule has 3 rings (SSSR count). The number of piperidine rings is 1. The molecule has 4 nitrogen and oxygen atoms in total. The van der Waals surface area contributed by atoms with Crippen molar-refractivity contribution in [3.05, 3.63) is 23.7 Å². The van der Waals surface area contributed by atoms with Gasteiger partial charge in [-0.25, -0.2) is 0 Å². The van der Waals surface area contributed by atoms with Crippen molar-refractivity contribution in [2.45, 2.75) is 51.1 Å². The monoisotopic (exact) mass is 262 g/mol. The predicted octanol–water partition coefficient (Wildman–Crippen LogP) is 2.16. The molecule has 2 heterocycles. The maximum Gasteiger partial charge on any atom is 0.237 e. The first kappa shape index (κ1) is 12.7. The van der Waals surface area contributed by atoms with Crippen LogP contribution in [-0.2, 0) is 11.2 Å². The molecule has 0 saturated carbocycles. The number of hydrogen-bond acceptors (Lipinski definition) is 3. The van der Waals surface area contributed by atoms with Crippen LogP contribution in [0.3, 0.4) is 0 Å². The van der Waals surface area contributed by atoms with E-state index in [4.69, 9.17) is 4.42 Å². The largest absolute Gasteiger partial charge is 0.469 e. The summed E-state index contributed by atoms with van der Waals surface area (Å²) >= 11 is 0. The second-order valence-electron chi connectivity index (χ2n) is 5.89. The Labute approximate surface area is 113 Å². The molecule has 104 valence electrons. The van der Waals surface area contributed by atoms with Crippen molar-refractivity contribution in [3.8, 4) is 0 Å². The van der Waals surface area contributed by atoms with Crippen LogP contribution in [0.15, 0.2) is 16.7 Å². The molecule has 0 bridgehead atoms. The summed E-state index contributed by atoms with van der Waals surface area (Å²) in [6, 6.07) is 2.10. The van der Waals surface area contributed by atoms with E-state index in [1.54, 1.807) is 6.26 Å². The molecule has 0 aromatic carbocycles. The first-order valence-corrected chi connectivity index (χ1v) is 7.34. The van der Waals surface area contributed by atoms with E-state index in [-0.39, 0.29) is 18.0 Å². The van der Waals surface area contributed by atoms with E-state index in [1.807, 2.05) is 6.07 Å². The van der Waals surface area contributed by atoms with Gasteiger partial charge in [-0.3, -0.25) is 4.79 Å². The standard InChI is InChI=1S/C15H22N2O2/c1-10-5-7-16-13(9-10)15(18)17-12-3-2-4-14-11(12)6-8-19-14/h6,8,10,12-13,16H,2-5,7,9H2,1H3,(H,17,18). The zero-order valence-corrected chi connectivity index (χ0v) is 11.4. The lowest BCUT2D eigenvalue weighted by Crippen LogP contribution is -2.49. The molecular formula is C15H22N2O2. The van der Waals surface area contributed by atoms with Gasteiger partial charge in [-0.2, -0.15) is 0 Å². The van der Waals surface area contributed by atoms with Crippen molar-refractivity contribution < 1.29 is 9.21 Å². The number of rotatable bonds is 2. The van der Waals surface area contributed by atoms with Crippen LogP contribution >= 0.6 is 0 Å². The van der Waals surface area contributed by atoms with Crippen LogP contribution in [0, 0.1) is 5.92 Å². The Morgan fingerprint density at radius 1 is 1.47 bits per heavy atom. The van der Waals surface area contributed by atoms with E-state index in [1.165, 1.54) is 12.0 Å². The van der Waals surface area contributed by atoms with E-state index in [0.717, 1.165) is 38.0 Å². The van der Waals surface area contributed by atoms with Gasteiger partial charge in [-0.15, -0.1) is 0 Å². The predicted molar refractivity (Wildman–Crippen MR) is 72.7 cm³/mol. The third-order valence-corrected chi connectivity index (χ3v) is 4.35. The molecular weight excluding hydrogens is 240 g/mol. The summed E-state index contributed by atoms with van der Waals surface area (Å²) in [7, 11) is 0. The van der Waals surface area contributed by atoms with Gasteiger partial charge >= 0.3 is 0 Å². The molecule has 4 heteroatoms. The Kier molecular flexibility index (Phi) is 3.60. The maximum absolute atomic E-state index is 12.3. The smallest absolute Gasteiger partial charge is 0.237 e. The van der Waals surface area contributed by atoms with Gasteiger partial charge in [0, 0.05) is 12.0 Å². The second-order valence-corrected chi connectivity index (χ2v) is 5.89. The minimum absolute atomic E-state index is 0.0268. The highest BCUT2D eigenvalue weighted by Crippen LogP contribution is 2.30. The molecule has 1 fully saturated rings. The Hall–Kier alpha value is -1.29. The van der Waals surface area contributed by atoms with Crippen LogP contribution < -0.4 is 10.6 Å². The van der Waals surface area contributed by atoms with Crippen LogP contribution in [0.25, 0.3) is 0 Å². The van der Waals surface area contributed by atoms with Crippen LogP contribution in [0.1, 0.15) is 50.0 Å². The molecule has 3 unspecified atom stereocenters. The highest BCUT2D eigenvalue weighted by Gasteiger charge is 2.29. The maximum atomic E-state index is 12.3. The van der Waals surface area contributed by atoms with Crippen molar-refractivity contribution in [3.63, 3.8) is 0 Å². The van der Waals surface area contributed by atoms with Gasteiger partial charge in [0.25, 0.3) is 0 Å². The fourth-order valence-corrected chi connectivity index (χ4v) is 3.22. The number of carbonyl (C=O) groups is 1. The van der Waals surface area contributed by atoms with Gasteiger partial charge in [-0.05, 0) is 44.2 Å². The molecule has 0 spiro atoms. The lowest BCUT2D eigenvalue weighted by atomic mass is 9.91. The summed E-state index contributed by atoms with van der Waals surface area (Å²) in [5, 5.41) is 6.51. The van der Waals surface area contributed by atoms with Gasteiger partial charge in [0.2, 0.25) is 5.91 Å². The number of fused-ring (bicyclic) bond motifs is 1. The summed E-state index contributed by atoms with van der Waals surface area (Å²) in [4.78, 5) is 12.3. The zero-order valence-electron chi connectivity index (χ0n) is 11.4. The summed E-state index contributed by atoms with van der Waals surface area (Å²) in [5.41, 5.74) is 1.17. The number of amides is 1. The van der Waals surface area contributed by atoms with Crippen LogP contribution in [-0.4, -0.2) is 18.5 Å². The highest BCUT2D eigenvalue weighted by molar-refractivity contribution is 5.82. The van der Waals surface area contributed by atoms with Crippen molar-refractivity contribution in [2.24, 2.45) is 5.92 Å².